The Hall–Kier alpha value is -1.35. The summed E-state index contributed by atoms with van der Waals surface area (Å²) in [6.45, 7) is 10.8. The Labute approximate surface area is 116 Å². The molecule has 104 valence electrons. The van der Waals surface area contributed by atoms with E-state index in [-0.39, 0.29) is 5.91 Å². The molecule has 1 amide bonds. The third-order valence-corrected chi connectivity index (χ3v) is 3.72. The van der Waals surface area contributed by atoms with Crippen molar-refractivity contribution < 1.29 is 4.79 Å². The first-order valence-electron chi connectivity index (χ1n) is 7.09. The highest BCUT2D eigenvalue weighted by Crippen LogP contribution is 2.13. The third-order valence-electron chi connectivity index (χ3n) is 3.72. The van der Waals surface area contributed by atoms with E-state index in [4.69, 9.17) is 0 Å². The molecule has 3 heteroatoms. The number of hydrogen-bond acceptors (Lipinski definition) is 2. The van der Waals surface area contributed by atoms with Crippen molar-refractivity contribution in [1.29, 1.82) is 0 Å². The zero-order valence-corrected chi connectivity index (χ0v) is 12.3. The van der Waals surface area contributed by atoms with Gasteiger partial charge in [0, 0.05) is 39.6 Å². The average molecular weight is 260 g/mol. The first-order valence-corrected chi connectivity index (χ1v) is 7.09. The highest BCUT2D eigenvalue weighted by atomic mass is 16.2. The van der Waals surface area contributed by atoms with E-state index in [0.29, 0.717) is 0 Å². The second kappa shape index (κ2) is 6.20. The summed E-state index contributed by atoms with van der Waals surface area (Å²) in [6.07, 6.45) is 1.07. The van der Waals surface area contributed by atoms with Crippen LogP contribution in [0.5, 0.6) is 0 Å². The molecule has 0 aromatic heterocycles. The molecule has 19 heavy (non-hydrogen) atoms. The maximum absolute atomic E-state index is 11.4. The van der Waals surface area contributed by atoms with Gasteiger partial charge in [-0.2, -0.15) is 0 Å². The number of rotatable bonds is 2. The molecule has 0 saturated carbocycles. The molecule has 0 atom stereocenters. The van der Waals surface area contributed by atoms with Crippen molar-refractivity contribution in [3.63, 3.8) is 0 Å². The summed E-state index contributed by atoms with van der Waals surface area (Å²) < 4.78 is 0. The van der Waals surface area contributed by atoms with Crippen LogP contribution in [0, 0.1) is 13.8 Å². The van der Waals surface area contributed by atoms with Crippen LogP contribution < -0.4 is 0 Å². The van der Waals surface area contributed by atoms with Gasteiger partial charge in [0.05, 0.1) is 0 Å². The van der Waals surface area contributed by atoms with Gasteiger partial charge in [0.15, 0.2) is 0 Å². The number of carbonyl (C=O) groups is 1. The summed E-state index contributed by atoms with van der Waals surface area (Å²) >= 11 is 0. The fraction of sp³-hybridized carbons (Fsp3) is 0.562. The van der Waals surface area contributed by atoms with Crippen molar-refractivity contribution in [1.82, 2.24) is 9.80 Å². The van der Waals surface area contributed by atoms with Crippen LogP contribution in [0.4, 0.5) is 0 Å². The Morgan fingerprint density at radius 1 is 1.05 bits per heavy atom. The van der Waals surface area contributed by atoms with Crippen LogP contribution in [-0.2, 0) is 11.3 Å². The predicted molar refractivity (Wildman–Crippen MR) is 78.1 cm³/mol. The first-order chi connectivity index (χ1) is 9.04. The molecule has 0 bridgehead atoms. The molecule has 0 N–H and O–H groups in total. The zero-order chi connectivity index (χ0) is 13.8. The molecule has 1 aromatic carbocycles. The molecular weight excluding hydrogens is 236 g/mol. The maximum atomic E-state index is 11.4. The maximum Gasteiger partial charge on any atom is 0.219 e. The predicted octanol–water partition coefficient (Wildman–Crippen LogP) is 2.36. The standard InChI is InChI=1S/C16H24N2O/c1-13-9-14(2)11-16(10-13)12-17-5-4-6-18(8-7-17)15(3)19/h9-11H,4-8,12H2,1-3H3. The Bertz CT molecular complexity index is 436. The molecule has 1 aliphatic heterocycles. The summed E-state index contributed by atoms with van der Waals surface area (Å²) in [5, 5.41) is 0. The molecule has 0 aliphatic carbocycles. The number of carbonyl (C=O) groups excluding carboxylic acids is 1. The molecule has 0 spiro atoms. The van der Waals surface area contributed by atoms with E-state index < -0.39 is 0 Å². The van der Waals surface area contributed by atoms with Gasteiger partial charge in [-0.25, -0.2) is 0 Å². The number of hydrogen-bond donors (Lipinski definition) is 0. The summed E-state index contributed by atoms with van der Waals surface area (Å²) in [5.74, 6) is 0.202. The monoisotopic (exact) mass is 260 g/mol. The van der Waals surface area contributed by atoms with Gasteiger partial charge in [-0.05, 0) is 25.8 Å². The Kier molecular flexibility index (Phi) is 4.59. The molecular formula is C16H24N2O. The van der Waals surface area contributed by atoms with Crippen molar-refractivity contribution in [2.75, 3.05) is 26.2 Å². The minimum Gasteiger partial charge on any atom is -0.342 e. The number of aryl methyl sites for hydroxylation is 2. The minimum atomic E-state index is 0.202. The topological polar surface area (TPSA) is 23.6 Å². The van der Waals surface area contributed by atoms with E-state index in [9.17, 15) is 4.79 Å². The molecule has 1 heterocycles. The Balaban J connectivity index is 1.97. The average Bonchev–Trinajstić information content (AvgIpc) is 2.53. The van der Waals surface area contributed by atoms with E-state index in [1.807, 2.05) is 4.90 Å². The van der Waals surface area contributed by atoms with Gasteiger partial charge in [-0.1, -0.05) is 29.3 Å². The summed E-state index contributed by atoms with van der Waals surface area (Å²) in [7, 11) is 0. The van der Waals surface area contributed by atoms with Crippen LogP contribution in [0.1, 0.15) is 30.0 Å². The molecule has 0 unspecified atom stereocenters. The van der Waals surface area contributed by atoms with Crippen molar-refractivity contribution in [3.8, 4) is 0 Å². The number of nitrogens with zero attached hydrogens (tertiary/aromatic N) is 2. The van der Waals surface area contributed by atoms with Crippen LogP contribution in [0.2, 0.25) is 0 Å². The van der Waals surface area contributed by atoms with E-state index in [1.165, 1.54) is 16.7 Å². The highest BCUT2D eigenvalue weighted by molar-refractivity contribution is 5.73. The Morgan fingerprint density at radius 2 is 1.74 bits per heavy atom. The second-order valence-corrected chi connectivity index (χ2v) is 5.63. The van der Waals surface area contributed by atoms with Crippen LogP contribution in [0.3, 0.4) is 0 Å². The van der Waals surface area contributed by atoms with Gasteiger partial charge in [-0.15, -0.1) is 0 Å². The smallest absolute Gasteiger partial charge is 0.219 e. The zero-order valence-electron chi connectivity index (χ0n) is 12.3. The van der Waals surface area contributed by atoms with Gasteiger partial charge in [0.1, 0.15) is 0 Å². The molecule has 1 aliphatic rings. The number of amides is 1. The van der Waals surface area contributed by atoms with Gasteiger partial charge in [0.25, 0.3) is 0 Å². The fourth-order valence-electron chi connectivity index (χ4n) is 2.86. The van der Waals surface area contributed by atoms with Crippen LogP contribution in [-0.4, -0.2) is 41.9 Å². The SMILES string of the molecule is CC(=O)N1CCCN(Cc2cc(C)cc(C)c2)CC1. The van der Waals surface area contributed by atoms with Crippen LogP contribution >= 0.6 is 0 Å². The lowest BCUT2D eigenvalue weighted by atomic mass is 10.1. The fourth-order valence-corrected chi connectivity index (χ4v) is 2.86. The van der Waals surface area contributed by atoms with Gasteiger partial charge in [-0.3, -0.25) is 9.69 Å². The van der Waals surface area contributed by atoms with E-state index in [2.05, 4.69) is 36.9 Å². The largest absolute Gasteiger partial charge is 0.342 e. The summed E-state index contributed by atoms with van der Waals surface area (Å²) in [6, 6.07) is 6.74. The molecule has 1 saturated heterocycles. The lowest BCUT2D eigenvalue weighted by Crippen LogP contribution is -2.33. The lowest BCUT2D eigenvalue weighted by Gasteiger charge is -2.21. The van der Waals surface area contributed by atoms with Crippen molar-refractivity contribution in [2.24, 2.45) is 0 Å². The van der Waals surface area contributed by atoms with Crippen molar-refractivity contribution in [2.45, 2.75) is 33.7 Å². The van der Waals surface area contributed by atoms with Crippen molar-refractivity contribution in [3.05, 3.63) is 34.9 Å². The van der Waals surface area contributed by atoms with Crippen LogP contribution in [0.15, 0.2) is 18.2 Å². The van der Waals surface area contributed by atoms with E-state index in [0.717, 1.165) is 39.1 Å². The van der Waals surface area contributed by atoms with Gasteiger partial charge < -0.3 is 4.90 Å². The number of benzene rings is 1. The second-order valence-electron chi connectivity index (χ2n) is 5.63. The van der Waals surface area contributed by atoms with Crippen LogP contribution in [0.25, 0.3) is 0 Å². The molecule has 1 aromatic rings. The van der Waals surface area contributed by atoms with E-state index in [1.54, 1.807) is 6.92 Å². The molecule has 3 nitrogen and oxygen atoms in total. The first kappa shape index (κ1) is 14.1. The summed E-state index contributed by atoms with van der Waals surface area (Å²) in [5.41, 5.74) is 4.04. The minimum absolute atomic E-state index is 0.202. The molecule has 2 rings (SSSR count). The Morgan fingerprint density at radius 3 is 2.37 bits per heavy atom. The van der Waals surface area contributed by atoms with Gasteiger partial charge in [0.2, 0.25) is 5.91 Å². The summed E-state index contributed by atoms with van der Waals surface area (Å²) in [4.78, 5) is 15.8. The quantitative estimate of drug-likeness (QED) is 0.815. The van der Waals surface area contributed by atoms with Crippen molar-refractivity contribution >= 4 is 5.91 Å². The molecule has 1 fully saturated rings. The van der Waals surface area contributed by atoms with Gasteiger partial charge >= 0.3 is 0 Å². The lowest BCUT2D eigenvalue weighted by molar-refractivity contribution is -0.128. The third kappa shape index (κ3) is 4.06. The normalized spacial score (nSPS) is 17.3. The highest BCUT2D eigenvalue weighted by Gasteiger charge is 2.16. The van der Waals surface area contributed by atoms with E-state index >= 15 is 0 Å². The molecule has 0 radical (unpaired) electrons.